The van der Waals surface area contributed by atoms with Gasteiger partial charge in [-0.25, -0.2) is 9.78 Å². The molecule has 0 aliphatic carbocycles. The molecule has 1 aromatic rings. The molecule has 0 aromatic carbocycles. The molecule has 21 heavy (non-hydrogen) atoms. The standard InChI is InChI=1S/C12H12N4O3S2/c13-9(21-7-5-14-2-3-15-7)8-10(17)16-6(12(18)19)1-4-20-11(8)16/h1-3,5,8-9,11H,4,13H2,(H,18,19)/t8?,9?,11-/m0/s1. The summed E-state index contributed by atoms with van der Waals surface area (Å²) in [4.78, 5) is 32.7. The maximum atomic E-state index is 12.2. The topological polar surface area (TPSA) is 109 Å². The molecule has 2 aliphatic heterocycles. The lowest BCUT2D eigenvalue weighted by Crippen LogP contribution is -2.65. The Morgan fingerprint density at radius 2 is 2.38 bits per heavy atom. The van der Waals surface area contributed by atoms with Gasteiger partial charge in [-0.2, -0.15) is 0 Å². The number of thioether (sulfide) groups is 2. The van der Waals surface area contributed by atoms with Crippen molar-refractivity contribution in [1.82, 2.24) is 14.9 Å². The van der Waals surface area contributed by atoms with E-state index in [-0.39, 0.29) is 17.0 Å². The van der Waals surface area contributed by atoms with Gasteiger partial charge in [0.2, 0.25) is 5.91 Å². The van der Waals surface area contributed by atoms with E-state index in [1.807, 2.05) is 0 Å². The number of amides is 1. The number of β-lactam (4-membered cyclic amide) rings is 1. The first-order valence-electron chi connectivity index (χ1n) is 6.16. The number of nitrogens with zero attached hydrogens (tertiary/aromatic N) is 3. The summed E-state index contributed by atoms with van der Waals surface area (Å²) < 4.78 is 0. The monoisotopic (exact) mass is 324 g/mol. The number of fused-ring (bicyclic) bond motifs is 1. The Morgan fingerprint density at radius 1 is 1.57 bits per heavy atom. The van der Waals surface area contributed by atoms with E-state index < -0.39 is 17.3 Å². The number of hydrogen-bond donors (Lipinski definition) is 2. The molecule has 3 N–H and O–H groups in total. The smallest absolute Gasteiger partial charge is 0.352 e. The highest BCUT2D eigenvalue weighted by molar-refractivity contribution is 8.01. The van der Waals surface area contributed by atoms with E-state index in [4.69, 9.17) is 10.8 Å². The SMILES string of the molecule is NC(Sc1cnccn1)C1C(=O)N2C(C(=O)O)=CCS[C@@H]12. The molecular formula is C12H12N4O3S2. The molecule has 9 heteroatoms. The lowest BCUT2D eigenvalue weighted by Gasteiger charge is -2.50. The van der Waals surface area contributed by atoms with Crippen molar-refractivity contribution >= 4 is 35.4 Å². The first-order chi connectivity index (χ1) is 10.1. The van der Waals surface area contributed by atoms with Gasteiger partial charge in [0.15, 0.2) is 0 Å². The van der Waals surface area contributed by atoms with E-state index >= 15 is 0 Å². The molecule has 0 saturated carbocycles. The molecule has 3 heterocycles. The van der Waals surface area contributed by atoms with E-state index in [9.17, 15) is 9.59 Å². The molecule has 1 fully saturated rings. The average molecular weight is 324 g/mol. The van der Waals surface area contributed by atoms with Crippen molar-refractivity contribution in [1.29, 1.82) is 0 Å². The van der Waals surface area contributed by atoms with Crippen LogP contribution >= 0.6 is 23.5 Å². The van der Waals surface area contributed by atoms with Crippen LogP contribution in [0.15, 0.2) is 35.4 Å². The summed E-state index contributed by atoms with van der Waals surface area (Å²) in [7, 11) is 0. The summed E-state index contributed by atoms with van der Waals surface area (Å²) in [5.74, 6) is -1.17. The molecule has 110 valence electrons. The second kappa shape index (κ2) is 5.66. The normalized spacial score (nSPS) is 25.7. The molecule has 2 unspecified atom stereocenters. The lowest BCUT2D eigenvalue weighted by atomic mass is 9.96. The minimum atomic E-state index is -1.08. The highest BCUT2D eigenvalue weighted by atomic mass is 32.2. The number of carbonyl (C=O) groups excluding carboxylic acids is 1. The summed E-state index contributed by atoms with van der Waals surface area (Å²) >= 11 is 2.79. The van der Waals surface area contributed by atoms with Gasteiger partial charge in [-0.3, -0.25) is 14.7 Å². The second-order valence-electron chi connectivity index (χ2n) is 4.48. The van der Waals surface area contributed by atoms with Gasteiger partial charge in [0.25, 0.3) is 0 Å². The molecule has 3 rings (SSSR count). The number of rotatable bonds is 4. The lowest BCUT2D eigenvalue weighted by molar-refractivity contribution is -0.152. The number of aliphatic carboxylic acids is 1. The van der Waals surface area contributed by atoms with Crippen molar-refractivity contribution in [3.05, 3.63) is 30.4 Å². The van der Waals surface area contributed by atoms with Gasteiger partial charge in [0.1, 0.15) is 10.7 Å². The molecule has 2 aliphatic rings. The number of hydrogen-bond acceptors (Lipinski definition) is 7. The van der Waals surface area contributed by atoms with Crippen LogP contribution in [0.4, 0.5) is 0 Å². The van der Waals surface area contributed by atoms with Gasteiger partial charge in [0.05, 0.1) is 22.9 Å². The third-order valence-electron chi connectivity index (χ3n) is 3.26. The van der Waals surface area contributed by atoms with Gasteiger partial charge < -0.3 is 10.8 Å². The number of carboxylic acids is 1. The Labute approximate surface area is 129 Å². The Morgan fingerprint density at radius 3 is 3.05 bits per heavy atom. The maximum Gasteiger partial charge on any atom is 0.352 e. The van der Waals surface area contributed by atoms with Crippen molar-refractivity contribution in [3.8, 4) is 0 Å². The van der Waals surface area contributed by atoms with Crippen molar-refractivity contribution in [2.24, 2.45) is 11.7 Å². The van der Waals surface area contributed by atoms with Crippen LogP contribution in [0.3, 0.4) is 0 Å². The molecule has 1 aromatic heterocycles. The van der Waals surface area contributed by atoms with E-state index in [0.717, 1.165) is 0 Å². The summed E-state index contributed by atoms with van der Waals surface area (Å²) in [6.45, 7) is 0. The van der Waals surface area contributed by atoms with Crippen LogP contribution in [0, 0.1) is 5.92 Å². The molecular weight excluding hydrogens is 312 g/mol. The van der Waals surface area contributed by atoms with Gasteiger partial charge in [0, 0.05) is 18.1 Å². The van der Waals surface area contributed by atoms with Gasteiger partial charge in [-0.1, -0.05) is 11.8 Å². The van der Waals surface area contributed by atoms with Crippen molar-refractivity contribution in [2.75, 3.05) is 5.75 Å². The van der Waals surface area contributed by atoms with Crippen LogP contribution in [0.25, 0.3) is 0 Å². The van der Waals surface area contributed by atoms with Crippen LogP contribution in [0.5, 0.6) is 0 Å². The first kappa shape index (κ1) is 14.4. The van der Waals surface area contributed by atoms with Gasteiger partial charge in [-0.05, 0) is 6.08 Å². The van der Waals surface area contributed by atoms with E-state index in [2.05, 4.69) is 9.97 Å². The highest BCUT2D eigenvalue weighted by Gasteiger charge is 2.54. The van der Waals surface area contributed by atoms with Crippen LogP contribution in [0.1, 0.15) is 0 Å². The minimum absolute atomic E-state index is 0.0525. The fraction of sp³-hybridized carbons (Fsp3) is 0.333. The summed E-state index contributed by atoms with van der Waals surface area (Å²) in [6, 6.07) is 0. The van der Waals surface area contributed by atoms with Crippen molar-refractivity contribution in [3.63, 3.8) is 0 Å². The third-order valence-corrected chi connectivity index (χ3v) is 5.48. The highest BCUT2D eigenvalue weighted by Crippen LogP contribution is 2.45. The molecule has 7 nitrogen and oxygen atoms in total. The first-order valence-corrected chi connectivity index (χ1v) is 8.09. The van der Waals surface area contributed by atoms with E-state index in [0.29, 0.717) is 10.8 Å². The quantitative estimate of drug-likeness (QED) is 0.464. The van der Waals surface area contributed by atoms with Gasteiger partial charge in [-0.15, -0.1) is 11.8 Å². The van der Waals surface area contributed by atoms with Crippen LogP contribution in [-0.4, -0.2) is 48.4 Å². The summed E-state index contributed by atoms with van der Waals surface area (Å²) in [5.41, 5.74) is 6.15. The Hall–Kier alpha value is -1.58. The van der Waals surface area contributed by atoms with E-state index in [1.165, 1.54) is 28.4 Å². The Balaban J connectivity index is 1.73. The number of carbonyl (C=O) groups is 2. The predicted molar refractivity (Wildman–Crippen MR) is 78.2 cm³/mol. The number of carboxylic acid groups (broad SMARTS) is 1. The zero-order valence-corrected chi connectivity index (χ0v) is 12.4. The molecule has 1 saturated heterocycles. The minimum Gasteiger partial charge on any atom is -0.477 e. The van der Waals surface area contributed by atoms with E-state index in [1.54, 1.807) is 24.7 Å². The molecule has 0 spiro atoms. The summed E-state index contributed by atoms with van der Waals surface area (Å²) in [6.07, 6.45) is 6.26. The summed E-state index contributed by atoms with van der Waals surface area (Å²) in [5, 5.41) is 9.07. The van der Waals surface area contributed by atoms with Crippen LogP contribution < -0.4 is 5.73 Å². The number of nitrogens with two attached hydrogens (primary N) is 1. The zero-order valence-electron chi connectivity index (χ0n) is 10.7. The van der Waals surface area contributed by atoms with Crippen LogP contribution in [0.2, 0.25) is 0 Å². The third kappa shape index (κ3) is 2.52. The van der Waals surface area contributed by atoms with Crippen LogP contribution in [-0.2, 0) is 9.59 Å². The fourth-order valence-corrected chi connectivity index (χ4v) is 4.64. The van der Waals surface area contributed by atoms with Gasteiger partial charge >= 0.3 is 5.97 Å². The predicted octanol–water partition coefficient (Wildman–Crippen LogP) is 0.353. The average Bonchev–Trinajstić information content (AvgIpc) is 2.47. The molecule has 0 radical (unpaired) electrons. The second-order valence-corrected chi connectivity index (χ2v) is 6.83. The van der Waals surface area contributed by atoms with Crippen molar-refractivity contribution in [2.45, 2.75) is 15.8 Å². The largest absolute Gasteiger partial charge is 0.477 e. The fourth-order valence-electron chi connectivity index (χ4n) is 2.30. The maximum absolute atomic E-state index is 12.2. The Kier molecular flexibility index (Phi) is 3.87. The number of aromatic nitrogens is 2. The molecule has 0 bridgehead atoms. The van der Waals surface area contributed by atoms with Crippen molar-refractivity contribution < 1.29 is 14.7 Å². The Bertz CT molecular complexity index is 610. The molecule has 1 amide bonds. The molecule has 3 atom stereocenters. The zero-order chi connectivity index (χ0) is 15.0.